The first-order chi connectivity index (χ1) is 15.0. The van der Waals surface area contributed by atoms with Crippen molar-refractivity contribution in [3.63, 3.8) is 0 Å². The zero-order valence-electron chi connectivity index (χ0n) is 16.1. The molecular weight excluding hydrogens is 420 g/mol. The molecule has 0 radical (unpaired) electrons. The lowest BCUT2D eigenvalue weighted by atomic mass is 10.1. The number of nitrogens with zero attached hydrogens (tertiary/aromatic N) is 2. The summed E-state index contributed by atoms with van der Waals surface area (Å²) in [6, 6.07) is 18.5. The zero-order chi connectivity index (χ0) is 21.8. The summed E-state index contributed by atoms with van der Waals surface area (Å²) in [5.41, 5.74) is 0.495. The predicted octanol–water partition coefficient (Wildman–Crippen LogP) is 4.97. The summed E-state index contributed by atoms with van der Waals surface area (Å²) in [5, 5.41) is 10.6. The lowest BCUT2D eigenvalue weighted by Gasteiger charge is -2.13. The van der Waals surface area contributed by atoms with E-state index in [-0.39, 0.29) is 29.0 Å². The third kappa shape index (κ3) is 4.67. The molecule has 0 bridgehead atoms. The van der Waals surface area contributed by atoms with E-state index in [0.717, 1.165) is 16.7 Å². The Labute approximate surface area is 181 Å². The number of nitro benzene ring substituents is 1. The highest BCUT2D eigenvalue weighted by Gasteiger charge is 2.35. The molecule has 0 spiro atoms. The van der Waals surface area contributed by atoms with Crippen molar-refractivity contribution in [3.8, 4) is 17.1 Å². The van der Waals surface area contributed by atoms with E-state index in [1.54, 1.807) is 36.4 Å². The fourth-order valence-electron chi connectivity index (χ4n) is 2.95. The number of ether oxygens (including phenoxy) is 1. The first kappa shape index (κ1) is 20.4. The fraction of sp³-hybridized carbons (Fsp3) is 0.0909. The van der Waals surface area contributed by atoms with Crippen LogP contribution in [-0.2, 0) is 4.79 Å². The van der Waals surface area contributed by atoms with Gasteiger partial charge in [0, 0.05) is 23.8 Å². The molecule has 1 fully saturated rings. The molecule has 1 aliphatic heterocycles. The molecule has 2 amide bonds. The molecule has 0 aliphatic carbocycles. The van der Waals surface area contributed by atoms with Crippen molar-refractivity contribution in [3.05, 3.63) is 87.5 Å². The molecule has 1 saturated heterocycles. The van der Waals surface area contributed by atoms with Crippen molar-refractivity contribution < 1.29 is 23.7 Å². The highest BCUT2D eigenvalue weighted by Crippen LogP contribution is 2.33. The number of para-hydroxylation sites is 1. The van der Waals surface area contributed by atoms with Crippen LogP contribution in [0.4, 0.5) is 10.5 Å². The van der Waals surface area contributed by atoms with Crippen molar-refractivity contribution in [2.45, 2.75) is 0 Å². The molecule has 9 heteroatoms. The minimum atomic E-state index is -0.481. The fourth-order valence-corrected chi connectivity index (χ4v) is 3.80. The Balaban J connectivity index is 1.43. The number of amides is 2. The molecule has 0 N–H and O–H groups in total. The van der Waals surface area contributed by atoms with Crippen LogP contribution in [0.1, 0.15) is 5.76 Å². The number of thioether (sulfide) groups is 1. The molecule has 0 atom stereocenters. The van der Waals surface area contributed by atoms with Gasteiger partial charge in [0.05, 0.1) is 16.4 Å². The van der Waals surface area contributed by atoms with Crippen molar-refractivity contribution in [1.29, 1.82) is 0 Å². The number of furan rings is 1. The average Bonchev–Trinajstić information content (AvgIpc) is 3.35. The van der Waals surface area contributed by atoms with E-state index < -0.39 is 10.8 Å². The van der Waals surface area contributed by atoms with Gasteiger partial charge in [-0.1, -0.05) is 30.3 Å². The molecule has 2 aromatic carbocycles. The van der Waals surface area contributed by atoms with Crippen LogP contribution in [-0.4, -0.2) is 34.1 Å². The first-order valence-electron chi connectivity index (χ1n) is 9.29. The number of carbonyl (C=O) groups excluding carboxylic acids is 2. The Morgan fingerprint density at radius 3 is 2.65 bits per heavy atom. The van der Waals surface area contributed by atoms with Gasteiger partial charge in [0.15, 0.2) is 0 Å². The summed E-state index contributed by atoms with van der Waals surface area (Å²) in [6.45, 7) is 0.320. The quantitative estimate of drug-likeness (QED) is 0.293. The van der Waals surface area contributed by atoms with Gasteiger partial charge in [-0.15, -0.1) is 0 Å². The van der Waals surface area contributed by atoms with Crippen molar-refractivity contribution in [2.24, 2.45) is 0 Å². The van der Waals surface area contributed by atoms with Crippen LogP contribution in [0.25, 0.3) is 17.4 Å². The first-order valence-corrected chi connectivity index (χ1v) is 10.1. The maximum absolute atomic E-state index is 12.6. The summed E-state index contributed by atoms with van der Waals surface area (Å²) in [5.74, 6) is 1.03. The summed E-state index contributed by atoms with van der Waals surface area (Å²) in [7, 11) is 0. The van der Waals surface area contributed by atoms with Crippen molar-refractivity contribution >= 4 is 34.7 Å². The third-order valence-corrected chi connectivity index (χ3v) is 5.35. The summed E-state index contributed by atoms with van der Waals surface area (Å²) in [6.07, 6.45) is 1.49. The van der Waals surface area contributed by atoms with Gasteiger partial charge in [0.2, 0.25) is 0 Å². The van der Waals surface area contributed by atoms with E-state index in [1.165, 1.54) is 18.2 Å². The number of carbonyl (C=O) groups is 2. The van der Waals surface area contributed by atoms with Crippen LogP contribution in [0.15, 0.2) is 76.1 Å². The average molecular weight is 436 g/mol. The normalized spacial score (nSPS) is 15.0. The molecule has 1 aliphatic rings. The number of rotatable bonds is 7. The van der Waals surface area contributed by atoms with E-state index in [4.69, 9.17) is 9.15 Å². The Morgan fingerprint density at radius 1 is 1.06 bits per heavy atom. The van der Waals surface area contributed by atoms with Crippen molar-refractivity contribution in [1.82, 2.24) is 4.90 Å². The van der Waals surface area contributed by atoms with Gasteiger partial charge in [-0.05, 0) is 36.0 Å². The highest BCUT2D eigenvalue weighted by atomic mass is 32.2. The molecule has 1 aromatic heterocycles. The van der Waals surface area contributed by atoms with Crippen LogP contribution in [0.2, 0.25) is 0 Å². The van der Waals surface area contributed by atoms with E-state index in [0.29, 0.717) is 22.8 Å². The van der Waals surface area contributed by atoms with Crippen LogP contribution >= 0.6 is 11.8 Å². The lowest BCUT2D eigenvalue weighted by Crippen LogP contribution is -2.32. The summed E-state index contributed by atoms with van der Waals surface area (Å²) < 4.78 is 11.3. The van der Waals surface area contributed by atoms with Gasteiger partial charge in [-0.2, -0.15) is 0 Å². The van der Waals surface area contributed by atoms with E-state index in [1.807, 2.05) is 18.2 Å². The molecule has 0 unspecified atom stereocenters. The molecule has 4 rings (SSSR count). The molecule has 0 saturated carbocycles. The second kappa shape index (κ2) is 8.88. The van der Waals surface area contributed by atoms with Gasteiger partial charge in [-0.25, -0.2) is 0 Å². The van der Waals surface area contributed by atoms with Gasteiger partial charge in [-0.3, -0.25) is 24.6 Å². The van der Waals surface area contributed by atoms with E-state index in [9.17, 15) is 19.7 Å². The Morgan fingerprint density at radius 2 is 1.87 bits per heavy atom. The maximum atomic E-state index is 12.6. The van der Waals surface area contributed by atoms with E-state index in [2.05, 4.69) is 0 Å². The minimum absolute atomic E-state index is 0.0470. The SMILES string of the molecule is O=C1S/C(=C\c2ccc(-c3cccc([N+](=O)[O-])c3)o2)C(=O)N1CCOc1ccccc1. The molecule has 8 nitrogen and oxygen atoms in total. The second-order valence-corrected chi connectivity index (χ2v) is 7.50. The largest absolute Gasteiger partial charge is 0.492 e. The summed E-state index contributed by atoms with van der Waals surface area (Å²) >= 11 is 0.828. The lowest BCUT2D eigenvalue weighted by molar-refractivity contribution is -0.384. The number of hydrogen-bond acceptors (Lipinski definition) is 7. The zero-order valence-corrected chi connectivity index (χ0v) is 16.9. The topological polar surface area (TPSA) is 103 Å². The smallest absolute Gasteiger partial charge is 0.293 e. The van der Waals surface area contributed by atoms with Crippen molar-refractivity contribution in [2.75, 3.05) is 13.2 Å². The number of nitro groups is 1. The molecule has 156 valence electrons. The van der Waals surface area contributed by atoms with Crippen LogP contribution in [0.5, 0.6) is 5.75 Å². The standard InChI is InChI=1S/C22H16N2O6S/c25-21-20(31-22(26)23(21)11-12-29-17-7-2-1-3-8-17)14-18-9-10-19(30-18)15-5-4-6-16(13-15)24(27)28/h1-10,13-14H,11-12H2/b20-14-. The minimum Gasteiger partial charge on any atom is -0.492 e. The van der Waals surface area contributed by atoms with E-state index >= 15 is 0 Å². The highest BCUT2D eigenvalue weighted by molar-refractivity contribution is 8.18. The number of hydrogen-bond donors (Lipinski definition) is 0. The van der Waals surface area contributed by atoms with Crippen LogP contribution in [0.3, 0.4) is 0 Å². The van der Waals surface area contributed by atoms with Gasteiger partial charge >= 0.3 is 0 Å². The van der Waals surface area contributed by atoms with Gasteiger partial charge < -0.3 is 9.15 Å². The Bertz CT molecular complexity index is 1170. The molecule has 31 heavy (non-hydrogen) atoms. The number of benzene rings is 2. The summed E-state index contributed by atoms with van der Waals surface area (Å²) in [4.78, 5) is 36.7. The molecular formula is C22H16N2O6S. The number of non-ortho nitro benzene ring substituents is 1. The molecule has 2 heterocycles. The van der Waals surface area contributed by atoms with Gasteiger partial charge in [0.1, 0.15) is 23.9 Å². The maximum Gasteiger partial charge on any atom is 0.293 e. The Kier molecular flexibility index (Phi) is 5.85. The van der Waals surface area contributed by atoms with Crippen LogP contribution in [0, 0.1) is 10.1 Å². The van der Waals surface area contributed by atoms with Crippen LogP contribution < -0.4 is 4.74 Å². The number of imide groups is 1. The Hall–Kier alpha value is -3.85. The second-order valence-electron chi connectivity index (χ2n) is 6.50. The molecule has 3 aromatic rings. The predicted molar refractivity (Wildman–Crippen MR) is 115 cm³/mol. The monoisotopic (exact) mass is 436 g/mol. The van der Waals surface area contributed by atoms with Gasteiger partial charge in [0.25, 0.3) is 16.8 Å². The third-order valence-electron chi connectivity index (χ3n) is 4.44.